The molecule has 0 spiro atoms. The molecule has 24 heavy (non-hydrogen) atoms. The van der Waals surface area contributed by atoms with Crippen molar-refractivity contribution >= 4 is 23.5 Å². The molecule has 3 rings (SSSR count). The highest BCUT2D eigenvalue weighted by Gasteiger charge is 2.11. The van der Waals surface area contributed by atoms with Crippen LogP contribution in [0.15, 0.2) is 64.5 Å². The zero-order chi connectivity index (χ0) is 17.1. The summed E-state index contributed by atoms with van der Waals surface area (Å²) >= 11 is 6.00. The number of halogens is 1. The number of anilines is 1. The average molecular weight is 341 g/mol. The molecular formula is C18H17ClN4O. The molecule has 2 aromatic carbocycles. The van der Waals surface area contributed by atoms with Crippen LogP contribution in [0.1, 0.15) is 11.3 Å². The van der Waals surface area contributed by atoms with Gasteiger partial charge in [-0.1, -0.05) is 35.9 Å². The van der Waals surface area contributed by atoms with Crippen LogP contribution in [0.3, 0.4) is 0 Å². The Hall–Kier alpha value is -2.79. The van der Waals surface area contributed by atoms with E-state index >= 15 is 0 Å². The summed E-state index contributed by atoms with van der Waals surface area (Å²) in [5.41, 5.74) is 2.71. The lowest BCUT2D eigenvalue weighted by Crippen LogP contribution is -2.18. The van der Waals surface area contributed by atoms with Gasteiger partial charge in [0.05, 0.1) is 23.2 Å². The van der Waals surface area contributed by atoms with Crippen molar-refractivity contribution < 1.29 is 0 Å². The number of rotatable bonds is 4. The van der Waals surface area contributed by atoms with Gasteiger partial charge in [0.1, 0.15) is 0 Å². The predicted octanol–water partition coefficient (Wildman–Crippen LogP) is 3.60. The Bertz CT molecular complexity index is 928. The molecule has 0 unspecified atom stereocenters. The normalized spacial score (nSPS) is 11.1. The van der Waals surface area contributed by atoms with Crippen molar-refractivity contribution in [2.24, 2.45) is 5.10 Å². The van der Waals surface area contributed by atoms with E-state index in [2.05, 4.69) is 10.2 Å². The summed E-state index contributed by atoms with van der Waals surface area (Å²) in [6, 6.07) is 16.8. The fourth-order valence-corrected chi connectivity index (χ4v) is 2.55. The van der Waals surface area contributed by atoms with Gasteiger partial charge in [-0.15, -0.1) is 0 Å². The van der Waals surface area contributed by atoms with Gasteiger partial charge in [0.2, 0.25) is 0 Å². The van der Waals surface area contributed by atoms with Crippen molar-refractivity contribution in [1.82, 2.24) is 9.78 Å². The zero-order valence-electron chi connectivity index (χ0n) is 13.4. The van der Waals surface area contributed by atoms with Crippen molar-refractivity contribution in [3.05, 3.63) is 81.2 Å². The summed E-state index contributed by atoms with van der Waals surface area (Å²) in [7, 11) is 1.84. The molecule has 0 fully saturated rings. The molecule has 0 atom stereocenters. The predicted molar refractivity (Wildman–Crippen MR) is 98.6 cm³/mol. The zero-order valence-corrected chi connectivity index (χ0v) is 14.2. The third-order valence-electron chi connectivity index (χ3n) is 3.67. The van der Waals surface area contributed by atoms with Gasteiger partial charge in [0, 0.05) is 17.8 Å². The quantitative estimate of drug-likeness (QED) is 0.583. The molecule has 3 aromatic rings. The molecule has 1 heterocycles. The van der Waals surface area contributed by atoms with E-state index in [-0.39, 0.29) is 5.56 Å². The minimum atomic E-state index is -0.167. The molecule has 5 nitrogen and oxygen atoms in total. The van der Waals surface area contributed by atoms with Crippen LogP contribution in [-0.4, -0.2) is 23.0 Å². The number of aromatic amines is 1. The molecule has 0 aliphatic rings. The van der Waals surface area contributed by atoms with Gasteiger partial charge in [-0.2, -0.15) is 5.10 Å². The number of benzene rings is 2. The van der Waals surface area contributed by atoms with Crippen LogP contribution in [-0.2, 0) is 0 Å². The third-order valence-corrected chi connectivity index (χ3v) is 3.91. The van der Waals surface area contributed by atoms with Gasteiger partial charge in [0.25, 0.3) is 5.56 Å². The first kappa shape index (κ1) is 16.1. The monoisotopic (exact) mass is 340 g/mol. The molecule has 0 bridgehead atoms. The maximum atomic E-state index is 12.6. The Balaban J connectivity index is 1.93. The van der Waals surface area contributed by atoms with Crippen LogP contribution in [0.4, 0.5) is 5.69 Å². The number of hydrogen-bond acceptors (Lipinski definition) is 3. The number of aryl methyl sites for hydroxylation is 1. The molecular weight excluding hydrogens is 324 g/mol. The standard InChI is InChI=1S/C18H17ClN4O/c1-13-17(12-20-22(2)15-8-4-3-5-9-15)18(24)23(21-13)16-10-6-7-14(19)11-16/h3-12,21H,1-2H3/b20-12+. The van der Waals surface area contributed by atoms with E-state index in [9.17, 15) is 4.79 Å². The Morgan fingerprint density at radius 1 is 1.17 bits per heavy atom. The topological polar surface area (TPSA) is 53.4 Å². The number of para-hydroxylation sites is 1. The van der Waals surface area contributed by atoms with E-state index in [4.69, 9.17) is 11.6 Å². The fraction of sp³-hybridized carbons (Fsp3) is 0.111. The van der Waals surface area contributed by atoms with Gasteiger partial charge in [-0.3, -0.25) is 14.9 Å². The van der Waals surface area contributed by atoms with Crippen LogP contribution in [0, 0.1) is 6.92 Å². The van der Waals surface area contributed by atoms with Crippen molar-refractivity contribution in [3.8, 4) is 5.69 Å². The van der Waals surface area contributed by atoms with Crippen molar-refractivity contribution in [2.75, 3.05) is 12.1 Å². The Morgan fingerprint density at radius 2 is 1.92 bits per heavy atom. The number of nitrogens with zero attached hydrogens (tertiary/aromatic N) is 3. The van der Waals surface area contributed by atoms with E-state index in [0.717, 1.165) is 11.4 Å². The molecule has 1 aromatic heterocycles. The maximum Gasteiger partial charge on any atom is 0.280 e. The lowest BCUT2D eigenvalue weighted by molar-refractivity contribution is 0.835. The van der Waals surface area contributed by atoms with Crippen LogP contribution in [0.25, 0.3) is 5.69 Å². The Labute approximate surface area is 144 Å². The molecule has 6 heteroatoms. The second kappa shape index (κ2) is 6.76. The average Bonchev–Trinajstić information content (AvgIpc) is 2.88. The smallest absolute Gasteiger partial charge is 0.280 e. The van der Waals surface area contributed by atoms with E-state index in [1.807, 2.05) is 50.4 Å². The van der Waals surface area contributed by atoms with Gasteiger partial charge in [-0.05, 0) is 37.3 Å². The van der Waals surface area contributed by atoms with Gasteiger partial charge < -0.3 is 0 Å². The molecule has 0 saturated carbocycles. The van der Waals surface area contributed by atoms with Crippen molar-refractivity contribution in [2.45, 2.75) is 6.92 Å². The number of hydrazone groups is 1. The molecule has 122 valence electrons. The largest absolute Gasteiger partial charge is 0.295 e. The Morgan fingerprint density at radius 3 is 2.62 bits per heavy atom. The number of hydrogen-bond donors (Lipinski definition) is 1. The molecule has 0 amide bonds. The van der Waals surface area contributed by atoms with Crippen LogP contribution < -0.4 is 10.6 Å². The van der Waals surface area contributed by atoms with Crippen LogP contribution in [0.5, 0.6) is 0 Å². The van der Waals surface area contributed by atoms with Gasteiger partial charge in [0.15, 0.2) is 0 Å². The van der Waals surface area contributed by atoms with Gasteiger partial charge >= 0.3 is 0 Å². The maximum absolute atomic E-state index is 12.6. The second-order valence-corrected chi connectivity index (χ2v) is 5.81. The van der Waals surface area contributed by atoms with Gasteiger partial charge in [-0.25, -0.2) is 4.68 Å². The molecule has 0 aliphatic carbocycles. The summed E-state index contributed by atoms with van der Waals surface area (Å²) in [5.74, 6) is 0. The molecule has 0 aliphatic heterocycles. The summed E-state index contributed by atoms with van der Waals surface area (Å²) in [4.78, 5) is 12.6. The highest BCUT2D eigenvalue weighted by atomic mass is 35.5. The van der Waals surface area contributed by atoms with E-state index < -0.39 is 0 Å². The van der Waals surface area contributed by atoms with Crippen LogP contribution in [0.2, 0.25) is 5.02 Å². The minimum absolute atomic E-state index is 0.167. The lowest BCUT2D eigenvalue weighted by atomic mass is 10.3. The van der Waals surface area contributed by atoms with E-state index in [0.29, 0.717) is 16.3 Å². The second-order valence-electron chi connectivity index (χ2n) is 5.37. The molecule has 1 N–H and O–H groups in total. The number of aromatic nitrogens is 2. The number of nitrogens with one attached hydrogen (secondary N) is 1. The van der Waals surface area contributed by atoms with Crippen molar-refractivity contribution in [3.63, 3.8) is 0 Å². The highest BCUT2D eigenvalue weighted by molar-refractivity contribution is 6.30. The summed E-state index contributed by atoms with van der Waals surface area (Å²) in [6.45, 7) is 1.84. The SMILES string of the molecule is Cc1[nH]n(-c2cccc(Cl)c2)c(=O)c1/C=N/N(C)c1ccccc1. The summed E-state index contributed by atoms with van der Waals surface area (Å²) in [5, 5.41) is 9.71. The molecule has 0 radical (unpaired) electrons. The summed E-state index contributed by atoms with van der Waals surface area (Å²) in [6.07, 6.45) is 1.57. The highest BCUT2D eigenvalue weighted by Crippen LogP contribution is 2.14. The third kappa shape index (κ3) is 3.26. The fourth-order valence-electron chi connectivity index (χ4n) is 2.36. The first-order valence-corrected chi connectivity index (χ1v) is 7.84. The molecule has 0 saturated heterocycles. The first-order valence-electron chi connectivity index (χ1n) is 7.46. The van der Waals surface area contributed by atoms with E-state index in [1.165, 1.54) is 4.68 Å². The van der Waals surface area contributed by atoms with Crippen LogP contribution >= 0.6 is 11.6 Å². The minimum Gasteiger partial charge on any atom is -0.295 e. The van der Waals surface area contributed by atoms with Crippen molar-refractivity contribution in [1.29, 1.82) is 0 Å². The van der Waals surface area contributed by atoms with E-state index in [1.54, 1.807) is 29.4 Å². The summed E-state index contributed by atoms with van der Waals surface area (Å²) < 4.78 is 1.46. The Kier molecular flexibility index (Phi) is 4.53. The lowest BCUT2D eigenvalue weighted by Gasteiger charge is -2.11. The number of H-pyrrole nitrogens is 1. The first-order chi connectivity index (χ1) is 11.6.